The van der Waals surface area contributed by atoms with Crippen LogP contribution in [-0.2, 0) is 9.53 Å². The molecule has 2 rings (SSSR count). The Balaban J connectivity index is 2.02. The topological polar surface area (TPSA) is 46.5 Å². The van der Waals surface area contributed by atoms with E-state index in [2.05, 4.69) is 6.58 Å². The van der Waals surface area contributed by atoms with Gasteiger partial charge in [0.1, 0.15) is 11.7 Å². The Morgan fingerprint density at radius 3 is 2.31 bits per heavy atom. The van der Waals surface area contributed by atoms with Gasteiger partial charge in [-0.2, -0.15) is 0 Å². The van der Waals surface area contributed by atoms with Gasteiger partial charge in [-0.15, -0.1) is 0 Å². The number of rotatable bonds is 3. The quantitative estimate of drug-likeness (QED) is 0.573. The van der Waals surface area contributed by atoms with Crippen molar-refractivity contribution in [3.8, 4) is 0 Å². The fourth-order valence-electron chi connectivity index (χ4n) is 1.51. The van der Waals surface area contributed by atoms with Crippen molar-refractivity contribution in [2.45, 2.75) is 11.7 Å². The highest BCUT2D eigenvalue weighted by Crippen LogP contribution is 2.25. The summed E-state index contributed by atoms with van der Waals surface area (Å²) in [6.07, 6.45) is 13.0. The molecule has 0 amide bonds. The molecule has 0 heterocycles. The number of esters is 1. The number of hydrogen-bond donors (Lipinski definition) is 1. The number of carbonyl (C=O) groups excluding carboxylic acids is 1. The molecule has 0 atom stereocenters. The molecule has 0 saturated carbocycles. The fourth-order valence-corrected chi connectivity index (χ4v) is 1.51. The number of allylic oxidation sites excluding steroid dienone is 4. The normalized spacial score (nSPS) is 20.6. The molecule has 0 aromatic rings. The molecule has 3 nitrogen and oxygen atoms in total. The van der Waals surface area contributed by atoms with Crippen molar-refractivity contribution in [2.24, 2.45) is 0 Å². The van der Waals surface area contributed by atoms with E-state index in [1.165, 1.54) is 12.2 Å². The summed E-state index contributed by atoms with van der Waals surface area (Å²) in [7, 11) is 0. The summed E-state index contributed by atoms with van der Waals surface area (Å²) in [5.41, 5.74) is -1.38. The zero-order valence-corrected chi connectivity index (χ0v) is 8.67. The van der Waals surface area contributed by atoms with E-state index in [1.807, 2.05) is 0 Å². The highest BCUT2D eigenvalue weighted by Gasteiger charge is 2.32. The first-order valence-corrected chi connectivity index (χ1v) is 4.97. The van der Waals surface area contributed by atoms with E-state index in [-0.39, 0.29) is 11.7 Å². The second-order valence-electron chi connectivity index (χ2n) is 3.66. The Morgan fingerprint density at radius 2 is 1.75 bits per heavy atom. The summed E-state index contributed by atoms with van der Waals surface area (Å²) >= 11 is 0. The first kappa shape index (κ1) is 10.6. The Labute approximate surface area is 93.7 Å². The van der Waals surface area contributed by atoms with E-state index >= 15 is 0 Å². The van der Waals surface area contributed by atoms with Crippen molar-refractivity contribution in [2.75, 3.05) is 0 Å². The lowest BCUT2D eigenvalue weighted by molar-refractivity contribution is -0.141. The van der Waals surface area contributed by atoms with Gasteiger partial charge in [0.05, 0.1) is 5.57 Å². The number of aliphatic hydroxyl groups is 1. The lowest BCUT2D eigenvalue weighted by Crippen LogP contribution is -2.31. The van der Waals surface area contributed by atoms with Gasteiger partial charge in [0.2, 0.25) is 0 Å². The second kappa shape index (κ2) is 3.94. The van der Waals surface area contributed by atoms with Crippen LogP contribution >= 0.6 is 0 Å². The third-order valence-electron chi connectivity index (χ3n) is 2.50. The SMILES string of the molecule is C=C(C(=O)OC1C=CC=C1)C1(O)C=CC=C1. The van der Waals surface area contributed by atoms with Crippen LogP contribution in [0.4, 0.5) is 0 Å². The molecule has 0 unspecified atom stereocenters. The molecule has 0 spiro atoms. The lowest BCUT2D eigenvalue weighted by Gasteiger charge is -2.20. The van der Waals surface area contributed by atoms with Crippen molar-refractivity contribution in [3.63, 3.8) is 0 Å². The molecule has 1 N–H and O–H groups in total. The highest BCUT2D eigenvalue weighted by atomic mass is 16.5. The van der Waals surface area contributed by atoms with Gasteiger partial charge in [0, 0.05) is 0 Å². The van der Waals surface area contributed by atoms with Gasteiger partial charge in [0.15, 0.2) is 0 Å². The molecular weight excluding hydrogens is 204 g/mol. The van der Waals surface area contributed by atoms with E-state index < -0.39 is 11.6 Å². The summed E-state index contributed by atoms with van der Waals surface area (Å²) in [5, 5.41) is 9.99. The third-order valence-corrected chi connectivity index (χ3v) is 2.50. The maximum absolute atomic E-state index is 11.7. The van der Waals surface area contributed by atoms with Crippen LogP contribution in [0.1, 0.15) is 0 Å². The van der Waals surface area contributed by atoms with Gasteiger partial charge in [-0.05, 0) is 24.3 Å². The minimum atomic E-state index is -1.40. The van der Waals surface area contributed by atoms with Gasteiger partial charge in [0.25, 0.3) is 0 Å². The predicted molar refractivity (Wildman–Crippen MR) is 60.5 cm³/mol. The van der Waals surface area contributed by atoms with E-state index in [9.17, 15) is 9.90 Å². The lowest BCUT2D eigenvalue weighted by atomic mass is 9.97. The van der Waals surface area contributed by atoms with E-state index in [4.69, 9.17) is 4.74 Å². The highest BCUT2D eigenvalue weighted by molar-refractivity contribution is 5.92. The molecule has 3 heteroatoms. The summed E-state index contributed by atoms with van der Waals surface area (Å²) < 4.78 is 5.11. The van der Waals surface area contributed by atoms with Gasteiger partial charge in [-0.1, -0.05) is 30.9 Å². The summed E-state index contributed by atoms with van der Waals surface area (Å²) in [6.45, 7) is 3.58. The molecule has 82 valence electrons. The van der Waals surface area contributed by atoms with Crippen molar-refractivity contribution >= 4 is 5.97 Å². The number of carbonyl (C=O) groups is 1. The summed E-state index contributed by atoms with van der Waals surface area (Å²) in [5.74, 6) is -0.597. The minimum Gasteiger partial charge on any atom is -0.450 e. The Kier molecular flexibility index (Phi) is 2.62. The molecule has 0 radical (unpaired) electrons. The molecule has 0 saturated heterocycles. The van der Waals surface area contributed by atoms with E-state index in [0.29, 0.717) is 0 Å². The Bertz CT molecular complexity index is 414. The smallest absolute Gasteiger partial charge is 0.337 e. The van der Waals surface area contributed by atoms with Gasteiger partial charge in [-0.3, -0.25) is 0 Å². The van der Waals surface area contributed by atoms with Crippen LogP contribution in [0.25, 0.3) is 0 Å². The van der Waals surface area contributed by atoms with Crippen molar-refractivity contribution in [1.29, 1.82) is 0 Å². The van der Waals surface area contributed by atoms with Crippen LogP contribution in [0.2, 0.25) is 0 Å². The summed E-state index contributed by atoms with van der Waals surface area (Å²) in [6, 6.07) is 0. The molecule has 0 aromatic carbocycles. The molecule has 2 aliphatic rings. The van der Waals surface area contributed by atoms with Crippen LogP contribution in [-0.4, -0.2) is 22.8 Å². The van der Waals surface area contributed by atoms with Crippen molar-refractivity contribution in [3.05, 3.63) is 60.8 Å². The van der Waals surface area contributed by atoms with Crippen LogP contribution in [0.15, 0.2) is 60.8 Å². The van der Waals surface area contributed by atoms with Gasteiger partial charge < -0.3 is 9.84 Å². The Hall–Kier alpha value is -1.87. The second-order valence-corrected chi connectivity index (χ2v) is 3.66. The van der Waals surface area contributed by atoms with Crippen LogP contribution in [0, 0.1) is 0 Å². The van der Waals surface area contributed by atoms with Gasteiger partial charge in [-0.25, -0.2) is 4.79 Å². The number of hydrogen-bond acceptors (Lipinski definition) is 3. The monoisotopic (exact) mass is 216 g/mol. The molecular formula is C13H12O3. The fraction of sp³-hybridized carbons (Fsp3) is 0.154. The molecule has 16 heavy (non-hydrogen) atoms. The van der Waals surface area contributed by atoms with Crippen LogP contribution in [0.3, 0.4) is 0 Å². The third kappa shape index (κ3) is 1.90. The van der Waals surface area contributed by atoms with Crippen molar-refractivity contribution in [1.82, 2.24) is 0 Å². The van der Waals surface area contributed by atoms with E-state index in [0.717, 1.165) is 0 Å². The molecule has 0 aromatic heterocycles. The first-order chi connectivity index (χ1) is 7.62. The molecule has 0 bridgehead atoms. The average Bonchev–Trinajstić information content (AvgIpc) is 2.89. The minimum absolute atomic E-state index is 0.0196. The largest absolute Gasteiger partial charge is 0.450 e. The van der Waals surface area contributed by atoms with Gasteiger partial charge >= 0.3 is 5.97 Å². The van der Waals surface area contributed by atoms with Crippen LogP contribution < -0.4 is 0 Å². The average molecular weight is 216 g/mol. The maximum Gasteiger partial charge on any atom is 0.337 e. The molecule has 0 aliphatic heterocycles. The standard InChI is InChI=1S/C13H12O3/c1-10(13(15)8-4-5-9-13)12(14)16-11-6-2-3-7-11/h2-9,11,15H,1H2. The zero-order valence-electron chi connectivity index (χ0n) is 8.67. The molecule has 0 fully saturated rings. The summed E-state index contributed by atoms with van der Waals surface area (Å²) in [4.78, 5) is 11.7. The van der Waals surface area contributed by atoms with E-state index in [1.54, 1.807) is 36.5 Å². The zero-order chi connectivity index (χ0) is 11.6. The van der Waals surface area contributed by atoms with Crippen LogP contribution in [0.5, 0.6) is 0 Å². The van der Waals surface area contributed by atoms with Crippen molar-refractivity contribution < 1.29 is 14.6 Å². The molecule has 2 aliphatic carbocycles. The first-order valence-electron chi connectivity index (χ1n) is 4.97. The Morgan fingerprint density at radius 1 is 1.19 bits per heavy atom. The predicted octanol–water partition coefficient (Wildman–Crippen LogP) is 1.44. The maximum atomic E-state index is 11.7. The number of ether oxygens (including phenoxy) is 1.